The van der Waals surface area contributed by atoms with E-state index in [0.29, 0.717) is 21.4 Å². The Morgan fingerprint density at radius 2 is 1.91 bits per heavy atom. The molecule has 4 rings (SSSR count). The summed E-state index contributed by atoms with van der Waals surface area (Å²) in [5.74, 6) is -0.490. The molecule has 2 aromatic heterocycles. The number of para-hydroxylation sites is 1. The van der Waals surface area contributed by atoms with Crippen molar-refractivity contribution in [3.63, 3.8) is 0 Å². The van der Waals surface area contributed by atoms with E-state index in [9.17, 15) is 9.59 Å². The predicted molar refractivity (Wildman–Crippen MR) is 129 cm³/mol. The number of carbonyl (C=O) groups is 2. The van der Waals surface area contributed by atoms with Crippen molar-refractivity contribution in [1.82, 2.24) is 14.8 Å². The molecule has 0 unspecified atom stereocenters. The number of fused-ring (bicyclic) bond motifs is 1. The quantitative estimate of drug-likeness (QED) is 0.288. The lowest BCUT2D eigenvalue weighted by molar-refractivity contribution is -0.111. The van der Waals surface area contributed by atoms with E-state index in [-0.39, 0.29) is 18.0 Å². The number of amides is 1. The number of carbonyl (C=O) groups excluding carboxylic acids is 2. The van der Waals surface area contributed by atoms with Crippen molar-refractivity contribution in [3.8, 4) is 5.82 Å². The fraction of sp³-hybridized carbons (Fsp3) is 0.0833. The van der Waals surface area contributed by atoms with Gasteiger partial charge in [0.05, 0.1) is 28.4 Å². The van der Waals surface area contributed by atoms with Crippen molar-refractivity contribution in [2.24, 2.45) is 0 Å². The minimum Gasteiger partial charge on any atom is -0.462 e. The maximum atomic E-state index is 12.7. The zero-order valence-electron chi connectivity index (χ0n) is 17.5. The molecule has 7 nitrogen and oxygen atoms in total. The zero-order chi connectivity index (χ0) is 23.4. The molecule has 0 aliphatic heterocycles. The van der Waals surface area contributed by atoms with E-state index >= 15 is 0 Å². The Balaban J connectivity index is 1.67. The van der Waals surface area contributed by atoms with Gasteiger partial charge in [-0.05, 0) is 48.9 Å². The first-order valence-corrected chi connectivity index (χ1v) is 10.8. The molecule has 0 radical (unpaired) electrons. The molecule has 0 fully saturated rings. The first kappa shape index (κ1) is 22.5. The average Bonchev–Trinajstić information content (AvgIpc) is 3.23. The summed E-state index contributed by atoms with van der Waals surface area (Å²) in [6.45, 7) is 1.88. The largest absolute Gasteiger partial charge is 0.462 e. The van der Waals surface area contributed by atoms with Crippen molar-refractivity contribution in [2.45, 2.75) is 6.92 Å². The Morgan fingerprint density at radius 1 is 1.09 bits per heavy atom. The van der Waals surface area contributed by atoms with Crippen molar-refractivity contribution >= 4 is 57.9 Å². The Kier molecular flexibility index (Phi) is 6.72. The van der Waals surface area contributed by atoms with E-state index in [1.54, 1.807) is 37.3 Å². The number of halogens is 2. The molecule has 33 heavy (non-hydrogen) atoms. The number of nitrogens with zero attached hydrogens (tertiary/aromatic N) is 3. The van der Waals surface area contributed by atoms with Crippen LogP contribution in [0.2, 0.25) is 10.0 Å². The van der Waals surface area contributed by atoms with Crippen LogP contribution in [0.25, 0.3) is 22.8 Å². The van der Waals surface area contributed by atoms with Crippen LogP contribution in [0.15, 0.2) is 66.9 Å². The van der Waals surface area contributed by atoms with Crippen LogP contribution in [0.4, 0.5) is 5.82 Å². The summed E-state index contributed by atoms with van der Waals surface area (Å²) in [6, 6.07) is 16.3. The third-order valence-corrected chi connectivity index (χ3v) is 5.42. The fourth-order valence-electron chi connectivity index (χ4n) is 3.12. The van der Waals surface area contributed by atoms with Gasteiger partial charge in [0.15, 0.2) is 11.6 Å². The van der Waals surface area contributed by atoms with E-state index in [1.165, 1.54) is 17.0 Å². The monoisotopic (exact) mass is 480 g/mol. The molecular formula is C24H18Cl2N4O3. The summed E-state index contributed by atoms with van der Waals surface area (Å²) in [6.07, 6.45) is 4.24. The highest BCUT2D eigenvalue weighted by atomic mass is 35.5. The maximum absolute atomic E-state index is 12.7. The molecule has 9 heteroatoms. The minimum absolute atomic E-state index is 0.114. The smallest absolute Gasteiger partial charge is 0.343 e. The normalized spacial score (nSPS) is 11.1. The van der Waals surface area contributed by atoms with Crippen LogP contribution in [0.5, 0.6) is 0 Å². The number of benzene rings is 2. The Hall–Kier alpha value is -3.68. The van der Waals surface area contributed by atoms with Crippen molar-refractivity contribution < 1.29 is 14.3 Å². The second kappa shape index (κ2) is 9.85. The molecule has 0 saturated heterocycles. The topological polar surface area (TPSA) is 86.1 Å². The molecule has 1 N–H and O–H groups in total. The summed E-state index contributed by atoms with van der Waals surface area (Å²) >= 11 is 12.0. The van der Waals surface area contributed by atoms with E-state index in [2.05, 4.69) is 15.4 Å². The van der Waals surface area contributed by atoms with Gasteiger partial charge in [0, 0.05) is 11.5 Å². The Morgan fingerprint density at radius 3 is 2.70 bits per heavy atom. The molecule has 2 heterocycles. The summed E-state index contributed by atoms with van der Waals surface area (Å²) in [4.78, 5) is 29.7. The van der Waals surface area contributed by atoms with Gasteiger partial charge >= 0.3 is 5.97 Å². The molecule has 0 atom stereocenters. The molecule has 0 spiro atoms. The SMILES string of the molecule is CCOC(=O)c1cnn(-c2ccc3ccccc3n2)c1NC(=O)/C=C/c1ccc(Cl)c(Cl)c1. The number of nitrogens with one attached hydrogen (secondary N) is 1. The fourth-order valence-corrected chi connectivity index (χ4v) is 3.43. The van der Waals surface area contributed by atoms with E-state index in [0.717, 1.165) is 10.9 Å². The van der Waals surface area contributed by atoms with Gasteiger partial charge in [0.1, 0.15) is 5.56 Å². The van der Waals surface area contributed by atoms with E-state index in [1.807, 2.05) is 30.3 Å². The predicted octanol–water partition coefficient (Wildman–Crippen LogP) is 5.56. The highest BCUT2D eigenvalue weighted by molar-refractivity contribution is 6.42. The number of esters is 1. The summed E-state index contributed by atoms with van der Waals surface area (Å²) in [5.41, 5.74) is 1.55. The second-order valence-electron chi connectivity index (χ2n) is 6.90. The molecule has 0 aliphatic rings. The lowest BCUT2D eigenvalue weighted by Gasteiger charge is -2.10. The second-order valence-corrected chi connectivity index (χ2v) is 7.71. The first-order chi connectivity index (χ1) is 16.0. The lowest BCUT2D eigenvalue weighted by atomic mass is 10.2. The van der Waals surface area contributed by atoms with Crippen molar-refractivity contribution in [2.75, 3.05) is 11.9 Å². The lowest BCUT2D eigenvalue weighted by Crippen LogP contribution is -2.16. The molecule has 166 valence electrons. The zero-order valence-corrected chi connectivity index (χ0v) is 19.0. The molecule has 1 amide bonds. The third kappa shape index (κ3) is 5.05. The highest BCUT2D eigenvalue weighted by Crippen LogP contribution is 2.24. The van der Waals surface area contributed by atoms with Gasteiger partial charge in [-0.2, -0.15) is 9.78 Å². The summed E-state index contributed by atoms with van der Waals surface area (Å²) < 4.78 is 6.51. The van der Waals surface area contributed by atoms with Gasteiger partial charge in [-0.3, -0.25) is 4.79 Å². The van der Waals surface area contributed by atoms with Crippen LogP contribution in [0, 0.1) is 0 Å². The third-order valence-electron chi connectivity index (χ3n) is 4.68. The standard InChI is InChI=1S/C24H18Cl2N4O3/c1-2-33-24(32)17-14-27-30(21-11-9-16-5-3-4-6-20(16)28-21)23(17)29-22(31)12-8-15-7-10-18(25)19(26)13-15/h3-14H,2H2,1H3,(H,29,31)/b12-8+. The van der Waals surface area contributed by atoms with Gasteiger partial charge in [0.25, 0.3) is 0 Å². The van der Waals surface area contributed by atoms with Crippen molar-refractivity contribution in [3.05, 3.63) is 88.0 Å². The van der Waals surface area contributed by atoms with Crippen LogP contribution in [-0.4, -0.2) is 33.2 Å². The molecular weight excluding hydrogens is 463 g/mol. The van der Waals surface area contributed by atoms with Crippen LogP contribution < -0.4 is 5.32 Å². The number of aromatic nitrogens is 3. The van der Waals surface area contributed by atoms with Crippen LogP contribution in [0.1, 0.15) is 22.8 Å². The Bertz CT molecular complexity index is 1380. The molecule has 4 aromatic rings. The number of ether oxygens (including phenoxy) is 1. The number of pyridine rings is 1. The maximum Gasteiger partial charge on any atom is 0.343 e. The van der Waals surface area contributed by atoms with Crippen LogP contribution in [-0.2, 0) is 9.53 Å². The molecule has 0 saturated carbocycles. The highest BCUT2D eigenvalue weighted by Gasteiger charge is 2.21. The van der Waals surface area contributed by atoms with Gasteiger partial charge < -0.3 is 10.1 Å². The number of rotatable bonds is 6. The first-order valence-electron chi connectivity index (χ1n) is 10.0. The van der Waals surface area contributed by atoms with Crippen molar-refractivity contribution in [1.29, 1.82) is 0 Å². The molecule has 0 bridgehead atoms. The number of hydrogen-bond acceptors (Lipinski definition) is 5. The molecule has 2 aromatic carbocycles. The van der Waals surface area contributed by atoms with Crippen LogP contribution >= 0.6 is 23.2 Å². The number of anilines is 1. The van der Waals surface area contributed by atoms with Gasteiger partial charge in [-0.15, -0.1) is 0 Å². The summed E-state index contributed by atoms with van der Waals surface area (Å²) in [7, 11) is 0. The van der Waals surface area contributed by atoms with Gasteiger partial charge in [0.2, 0.25) is 5.91 Å². The van der Waals surface area contributed by atoms with E-state index in [4.69, 9.17) is 27.9 Å². The average molecular weight is 481 g/mol. The van der Waals surface area contributed by atoms with E-state index < -0.39 is 11.9 Å². The Labute approximate surface area is 199 Å². The van der Waals surface area contributed by atoms with Gasteiger partial charge in [-0.1, -0.05) is 47.5 Å². The molecule has 0 aliphatic carbocycles. The van der Waals surface area contributed by atoms with Gasteiger partial charge in [-0.25, -0.2) is 9.78 Å². The summed E-state index contributed by atoms with van der Waals surface area (Å²) in [5, 5.41) is 8.74. The van der Waals surface area contributed by atoms with Crippen LogP contribution in [0.3, 0.4) is 0 Å². The number of hydrogen-bond donors (Lipinski definition) is 1. The minimum atomic E-state index is -0.603.